The highest BCUT2D eigenvalue weighted by atomic mass is 32.2. The summed E-state index contributed by atoms with van der Waals surface area (Å²) in [5.74, 6) is -0.401. The number of rotatable bonds is 2. The van der Waals surface area contributed by atoms with Crippen LogP contribution in [0.25, 0.3) is 0 Å². The Bertz CT molecular complexity index is 309. The van der Waals surface area contributed by atoms with E-state index in [1.807, 2.05) is 30.3 Å². The van der Waals surface area contributed by atoms with E-state index in [-0.39, 0.29) is 4.20 Å². The van der Waals surface area contributed by atoms with Crippen LogP contribution in [0, 0.1) is 0 Å². The molecule has 0 spiro atoms. The first-order valence-electron chi connectivity index (χ1n) is 3.64. The van der Waals surface area contributed by atoms with Gasteiger partial charge in [-0.1, -0.05) is 42.5 Å². The Labute approximate surface area is 86.0 Å². The Morgan fingerprint density at radius 3 is 2.54 bits per heavy atom. The van der Waals surface area contributed by atoms with Crippen molar-refractivity contribution in [3.05, 3.63) is 35.9 Å². The number of carbonyl (C=O) groups is 1. The van der Waals surface area contributed by atoms with Crippen molar-refractivity contribution in [3.63, 3.8) is 0 Å². The predicted molar refractivity (Wildman–Crippen MR) is 58.0 cm³/mol. The van der Waals surface area contributed by atoms with E-state index in [1.54, 1.807) is 0 Å². The van der Waals surface area contributed by atoms with E-state index in [9.17, 15) is 4.79 Å². The summed E-state index contributed by atoms with van der Waals surface area (Å²) >= 11 is 5.81. The molecule has 4 heteroatoms. The number of aliphatic carboxylic acids is 1. The minimum absolute atomic E-state index is 0.0175. The molecule has 1 aromatic carbocycles. The van der Waals surface area contributed by atoms with Gasteiger partial charge in [0, 0.05) is 5.75 Å². The Morgan fingerprint density at radius 2 is 2.00 bits per heavy atom. The topological polar surface area (TPSA) is 37.3 Å². The van der Waals surface area contributed by atoms with Gasteiger partial charge in [0.15, 0.2) is 4.20 Å². The van der Waals surface area contributed by atoms with Crippen LogP contribution in [0.1, 0.15) is 5.56 Å². The molecule has 0 bridgehead atoms. The monoisotopic (exact) mass is 212 g/mol. The Kier molecular flexibility index (Phi) is 3.92. The maximum atomic E-state index is 10.4. The van der Waals surface area contributed by atoms with E-state index in [0.717, 1.165) is 5.56 Å². The number of hydrogen-bond acceptors (Lipinski definition) is 3. The molecule has 0 saturated carbocycles. The number of carboxylic acids is 1. The van der Waals surface area contributed by atoms with Crippen LogP contribution < -0.4 is 0 Å². The predicted octanol–water partition coefficient (Wildman–Crippen LogP) is 2.33. The smallest absolute Gasteiger partial charge is 0.353 e. The van der Waals surface area contributed by atoms with E-state index in [0.29, 0.717) is 5.75 Å². The summed E-state index contributed by atoms with van der Waals surface area (Å²) in [5.41, 5.74) is 1.08. The van der Waals surface area contributed by atoms with Gasteiger partial charge in [-0.3, -0.25) is 0 Å². The van der Waals surface area contributed by atoms with Crippen LogP contribution in [0.2, 0.25) is 0 Å². The summed E-state index contributed by atoms with van der Waals surface area (Å²) in [6, 6.07) is 9.64. The molecule has 1 rings (SSSR count). The summed E-state index contributed by atoms with van der Waals surface area (Å²) in [7, 11) is 0. The largest absolute Gasteiger partial charge is 0.477 e. The van der Waals surface area contributed by atoms with Crippen LogP contribution in [0.15, 0.2) is 30.3 Å². The summed E-state index contributed by atoms with van der Waals surface area (Å²) in [5, 5.41) is 8.50. The molecule has 1 N–H and O–H groups in total. The molecule has 0 radical (unpaired) electrons. The van der Waals surface area contributed by atoms with Crippen molar-refractivity contribution in [1.82, 2.24) is 0 Å². The fourth-order valence-corrected chi connectivity index (χ4v) is 1.58. The van der Waals surface area contributed by atoms with Crippen molar-refractivity contribution in [2.24, 2.45) is 0 Å². The SMILES string of the molecule is O=C(O)C(=S)SCc1ccccc1. The van der Waals surface area contributed by atoms with E-state index < -0.39 is 5.97 Å². The summed E-state index contributed by atoms with van der Waals surface area (Å²) in [4.78, 5) is 10.4. The van der Waals surface area contributed by atoms with E-state index in [4.69, 9.17) is 5.11 Å². The van der Waals surface area contributed by atoms with Gasteiger partial charge >= 0.3 is 5.97 Å². The lowest BCUT2D eigenvalue weighted by atomic mass is 10.2. The van der Waals surface area contributed by atoms with Gasteiger partial charge in [-0.05, 0) is 5.56 Å². The van der Waals surface area contributed by atoms with Crippen LogP contribution in [0.3, 0.4) is 0 Å². The molecule has 0 aromatic heterocycles. The fourth-order valence-electron chi connectivity index (χ4n) is 0.785. The van der Waals surface area contributed by atoms with Crippen molar-refractivity contribution in [1.29, 1.82) is 0 Å². The minimum atomic E-state index is -1.02. The quantitative estimate of drug-likeness (QED) is 0.763. The summed E-state index contributed by atoms with van der Waals surface area (Å²) in [6.07, 6.45) is 0. The van der Waals surface area contributed by atoms with Crippen LogP contribution in [0.4, 0.5) is 0 Å². The molecule has 0 amide bonds. The van der Waals surface area contributed by atoms with Gasteiger partial charge in [0.25, 0.3) is 0 Å². The maximum absolute atomic E-state index is 10.4. The van der Waals surface area contributed by atoms with Crippen LogP contribution in [-0.2, 0) is 10.5 Å². The molecule has 0 fully saturated rings. The molecule has 68 valence electrons. The van der Waals surface area contributed by atoms with Crippen LogP contribution in [-0.4, -0.2) is 15.3 Å². The van der Waals surface area contributed by atoms with Gasteiger partial charge in [-0.25, -0.2) is 4.79 Å². The third-order valence-electron chi connectivity index (χ3n) is 1.39. The highest BCUT2D eigenvalue weighted by molar-refractivity contribution is 8.24. The zero-order chi connectivity index (χ0) is 9.68. The van der Waals surface area contributed by atoms with Gasteiger partial charge in [-0.2, -0.15) is 0 Å². The zero-order valence-corrected chi connectivity index (χ0v) is 8.40. The average Bonchev–Trinajstić information content (AvgIpc) is 2.15. The molecule has 0 unspecified atom stereocenters. The van der Waals surface area contributed by atoms with Gasteiger partial charge in [0.1, 0.15) is 0 Å². The number of carboxylic acid groups (broad SMARTS) is 1. The Balaban J connectivity index is 2.44. The standard InChI is InChI=1S/C9H8O2S2/c10-8(11)9(12)13-6-7-4-2-1-3-5-7/h1-5H,6H2,(H,10,11). The van der Waals surface area contributed by atoms with Crippen LogP contribution in [0.5, 0.6) is 0 Å². The number of thioether (sulfide) groups is 1. The van der Waals surface area contributed by atoms with Crippen molar-refractivity contribution >= 4 is 34.1 Å². The number of hydrogen-bond donors (Lipinski definition) is 1. The summed E-state index contributed by atoms with van der Waals surface area (Å²) < 4.78 is 0.0175. The third-order valence-corrected chi connectivity index (χ3v) is 2.83. The molecule has 13 heavy (non-hydrogen) atoms. The molecule has 2 nitrogen and oxygen atoms in total. The van der Waals surface area contributed by atoms with Crippen molar-refractivity contribution in [2.45, 2.75) is 5.75 Å². The second kappa shape index (κ2) is 4.99. The molecule has 0 saturated heterocycles. The van der Waals surface area contributed by atoms with E-state index in [2.05, 4.69) is 12.2 Å². The number of benzene rings is 1. The second-order valence-corrected chi connectivity index (χ2v) is 4.02. The first-order valence-corrected chi connectivity index (χ1v) is 5.03. The second-order valence-electron chi connectivity index (χ2n) is 2.37. The summed E-state index contributed by atoms with van der Waals surface area (Å²) in [6.45, 7) is 0. The lowest BCUT2D eigenvalue weighted by Crippen LogP contribution is -2.05. The molecule has 0 aliphatic carbocycles. The maximum Gasteiger partial charge on any atom is 0.353 e. The molecule has 0 aliphatic heterocycles. The molecule has 0 heterocycles. The highest BCUT2D eigenvalue weighted by Crippen LogP contribution is 2.13. The molecular formula is C9H8O2S2. The van der Waals surface area contributed by atoms with Crippen LogP contribution >= 0.6 is 24.0 Å². The normalized spacial score (nSPS) is 9.54. The van der Waals surface area contributed by atoms with Crippen molar-refractivity contribution < 1.29 is 9.90 Å². The first-order chi connectivity index (χ1) is 6.20. The number of thiocarbonyl (C=S) groups is 1. The highest BCUT2D eigenvalue weighted by Gasteiger charge is 2.06. The lowest BCUT2D eigenvalue weighted by Gasteiger charge is -1.98. The Hall–Kier alpha value is -0.870. The van der Waals surface area contributed by atoms with Gasteiger partial charge in [0.2, 0.25) is 0 Å². The minimum Gasteiger partial charge on any atom is -0.477 e. The average molecular weight is 212 g/mol. The fraction of sp³-hybridized carbons (Fsp3) is 0.111. The molecule has 0 aliphatic rings. The molecule has 1 aromatic rings. The van der Waals surface area contributed by atoms with Gasteiger partial charge in [0.05, 0.1) is 0 Å². The third kappa shape index (κ3) is 3.57. The van der Waals surface area contributed by atoms with Crippen molar-refractivity contribution in [3.8, 4) is 0 Å². The Morgan fingerprint density at radius 1 is 1.38 bits per heavy atom. The molecular weight excluding hydrogens is 204 g/mol. The van der Waals surface area contributed by atoms with E-state index >= 15 is 0 Å². The first kappa shape index (κ1) is 10.2. The molecule has 0 atom stereocenters. The van der Waals surface area contributed by atoms with Crippen molar-refractivity contribution in [2.75, 3.05) is 0 Å². The van der Waals surface area contributed by atoms with E-state index in [1.165, 1.54) is 11.8 Å². The van der Waals surface area contributed by atoms with Gasteiger partial charge < -0.3 is 5.11 Å². The zero-order valence-electron chi connectivity index (χ0n) is 6.77. The van der Waals surface area contributed by atoms with Gasteiger partial charge in [-0.15, -0.1) is 11.8 Å². The lowest BCUT2D eigenvalue weighted by molar-refractivity contribution is -0.128.